The van der Waals surface area contributed by atoms with Gasteiger partial charge in [0.25, 0.3) is 11.4 Å². The van der Waals surface area contributed by atoms with Gasteiger partial charge < -0.3 is 10.9 Å². The first-order chi connectivity index (χ1) is 8.68. The predicted octanol–water partition coefficient (Wildman–Crippen LogP) is -0.701. The minimum absolute atomic E-state index is 0.0285. The molecule has 0 saturated heterocycles. The number of nitrogen functional groups attached to an aromatic ring is 1. The van der Waals surface area contributed by atoms with Crippen LogP contribution in [0.25, 0.3) is 22.8 Å². The van der Waals surface area contributed by atoms with E-state index in [4.69, 9.17) is 5.73 Å². The molecule has 3 heterocycles. The first-order valence-electron chi connectivity index (χ1n) is 4.66. The van der Waals surface area contributed by atoms with Crippen molar-refractivity contribution in [3.8, 4) is 22.8 Å². The zero-order valence-electron chi connectivity index (χ0n) is 8.89. The predicted molar refractivity (Wildman–Crippen MR) is 51.2 cm³/mol. The normalized spacial score (nSPS) is 10.9. The summed E-state index contributed by atoms with van der Waals surface area (Å²) in [4.78, 5) is 0.149. The molecule has 2 N–H and O–H groups in total. The van der Waals surface area contributed by atoms with Crippen molar-refractivity contribution in [2.24, 2.45) is 0 Å². The molecule has 0 amide bonds. The Hall–Kier alpha value is -2.98. The molecule has 0 aliphatic carbocycles. The molecule has 3 aromatic rings. The molecule has 0 atom stereocenters. The Kier molecular flexibility index (Phi) is 1.99. The molecule has 0 fully saturated rings. The van der Waals surface area contributed by atoms with Crippen molar-refractivity contribution in [1.82, 2.24) is 25.8 Å². The van der Waals surface area contributed by atoms with Crippen LogP contribution in [0, 0.1) is 12.1 Å². The standard InChI is InChI=1S/C7H5N7O4/c1-2-3(10-16-9-2)6-4(12-18-14(6)15)5-7(8)13-17-11-5/h1H3,(H2,8,13). The van der Waals surface area contributed by atoms with E-state index < -0.39 is 0 Å². The van der Waals surface area contributed by atoms with Gasteiger partial charge in [-0.25, -0.2) is 9.26 Å². The average Bonchev–Trinajstić information content (AvgIpc) is 3.00. The fourth-order valence-electron chi connectivity index (χ4n) is 1.41. The molecule has 18 heavy (non-hydrogen) atoms. The Morgan fingerprint density at radius 2 is 1.72 bits per heavy atom. The number of anilines is 1. The lowest BCUT2D eigenvalue weighted by Gasteiger charge is -1.92. The van der Waals surface area contributed by atoms with Gasteiger partial charge in [0, 0.05) is 5.16 Å². The third-order valence-corrected chi connectivity index (χ3v) is 2.23. The van der Waals surface area contributed by atoms with Gasteiger partial charge in [-0.15, -0.1) is 0 Å². The lowest BCUT2D eigenvalue weighted by atomic mass is 10.2. The molecule has 11 nitrogen and oxygen atoms in total. The Morgan fingerprint density at radius 3 is 2.33 bits per heavy atom. The highest BCUT2D eigenvalue weighted by Gasteiger charge is 2.31. The average molecular weight is 251 g/mol. The van der Waals surface area contributed by atoms with Crippen LogP contribution in [0.15, 0.2) is 13.9 Å². The molecule has 3 rings (SSSR count). The van der Waals surface area contributed by atoms with Crippen LogP contribution < -0.4 is 10.6 Å². The number of hydrogen-bond acceptors (Lipinski definition) is 10. The molecule has 0 bridgehead atoms. The number of nitrogens with zero attached hydrogens (tertiary/aromatic N) is 6. The summed E-state index contributed by atoms with van der Waals surface area (Å²) in [5.74, 6) is -0.0285. The van der Waals surface area contributed by atoms with Crippen LogP contribution in [0.2, 0.25) is 0 Å². The van der Waals surface area contributed by atoms with Gasteiger partial charge in [0.05, 0.1) is 0 Å². The molecule has 0 aliphatic heterocycles. The van der Waals surface area contributed by atoms with Gasteiger partial charge in [0.15, 0.2) is 5.69 Å². The highest BCUT2D eigenvalue weighted by atomic mass is 16.8. The summed E-state index contributed by atoms with van der Waals surface area (Å²) in [6.07, 6.45) is 0. The van der Waals surface area contributed by atoms with E-state index in [9.17, 15) is 5.21 Å². The molecule has 0 aromatic carbocycles. The summed E-state index contributed by atoms with van der Waals surface area (Å²) in [6.45, 7) is 1.60. The molecule has 3 aromatic heterocycles. The van der Waals surface area contributed by atoms with Gasteiger partial charge in [-0.2, -0.15) is 0 Å². The first kappa shape index (κ1) is 10.2. The fraction of sp³-hybridized carbons (Fsp3) is 0.143. The Morgan fingerprint density at radius 1 is 1.00 bits per heavy atom. The number of nitrogens with two attached hydrogens (primary N) is 1. The Labute approximate surface area is 97.6 Å². The van der Waals surface area contributed by atoms with E-state index in [0.29, 0.717) is 5.69 Å². The second kappa shape index (κ2) is 3.51. The molecular weight excluding hydrogens is 246 g/mol. The molecule has 92 valence electrons. The van der Waals surface area contributed by atoms with Crippen molar-refractivity contribution in [3.05, 3.63) is 10.9 Å². The van der Waals surface area contributed by atoms with Crippen LogP contribution >= 0.6 is 0 Å². The molecular formula is C7H5N7O4. The van der Waals surface area contributed by atoms with E-state index in [0.717, 1.165) is 0 Å². The van der Waals surface area contributed by atoms with Crippen molar-refractivity contribution in [2.75, 3.05) is 5.73 Å². The van der Waals surface area contributed by atoms with Gasteiger partial charge >= 0.3 is 0 Å². The fourth-order valence-corrected chi connectivity index (χ4v) is 1.41. The Balaban J connectivity index is 2.25. The van der Waals surface area contributed by atoms with E-state index in [1.807, 2.05) is 0 Å². The first-order valence-corrected chi connectivity index (χ1v) is 4.66. The van der Waals surface area contributed by atoms with E-state index >= 15 is 0 Å². The van der Waals surface area contributed by atoms with Crippen molar-refractivity contribution in [1.29, 1.82) is 0 Å². The zero-order valence-corrected chi connectivity index (χ0v) is 8.89. The molecule has 0 saturated carbocycles. The van der Waals surface area contributed by atoms with Gasteiger partial charge in [-0.3, -0.25) is 4.63 Å². The summed E-state index contributed by atoms with van der Waals surface area (Å²) in [5, 5.41) is 29.2. The summed E-state index contributed by atoms with van der Waals surface area (Å²) in [7, 11) is 0. The largest absolute Gasteiger partial charge is 0.379 e. The minimum atomic E-state index is -0.0313. The topological polar surface area (TPSA) is 157 Å². The highest BCUT2D eigenvalue weighted by molar-refractivity contribution is 5.76. The highest BCUT2D eigenvalue weighted by Crippen LogP contribution is 2.29. The lowest BCUT2D eigenvalue weighted by molar-refractivity contribution is -0.793. The van der Waals surface area contributed by atoms with Gasteiger partial charge in [-0.05, 0) is 27.3 Å². The number of rotatable bonds is 2. The van der Waals surface area contributed by atoms with Gasteiger partial charge in [0.1, 0.15) is 5.69 Å². The van der Waals surface area contributed by atoms with Crippen LogP contribution in [0.3, 0.4) is 0 Å². The van der Waals surface area contributed by atoms with E-state index in [1.54, 1.807) is 6.92 Å². The van der Waals surface area contributed by atoms with Gasteiger partial charge in [0.2, 0.25) is 11.5 Å². The number of aromatic nitrogens is 6. The maximum Gasteiger partial charge on any atom is 0.283 e. The van der Waals surface area contributed by atoms with Crippen molar-refractivity contribution in [3.63, 3.8) is 0 Å². The van der Waals surface area contributed by atoms with E-state index in [2.05, 4.69) is 39.7 Å². The number of aryl methyl sites for hydroxylation is 1. The molecule has 0 aliphatic rings. The quantitative estimate of drug-likeness (QED) is 0.577. The third-order valence-electron chi connectivity index (χ3n) is 2.23. The molecule has 0 unspecified atom stereocenters. The summed E-state index contributed by atoms with van der Waals surface area (Å²) < 4.78 is 13.4. The second-order valence-electron chi connectivity index (χ2n) is 3.32. The van der Waals surface area contributed by atoms with Crippen molar-refractivity contribution >= 4 is 5.82 Å². The maximum absolute atomic E-state index is 11.6. The molecule has 0 spiro atoms. The van der Waals surface area contributed by atoms with Crippen molar-refractivity contribution in [2.45, 2.75) is 6.92 Å². The minimum Gasteiger partial charge on any atom is -0.379 e. The van der Waals surface area contributed by atoms with Gasteiger partial charge in [-0.1, -0.05) is 5.16 Å². The smallest absolute Gasteiger partial charge is 0.283 e. The monoisotopic (exact) mass is 251 g/mol. The SMILES string of the molecule is Cc1nonc1-c1c(-c2nonc2N)no[n+]1[O-]. The van der Waals surface area contributed by atoms with Crippen LogP contribution in [-0.2, 0) is 0 Å². The maximum atomic E-state index is 11.6. The summed E-state index contributed by atoms with van der Waals surface area (Å²) in [6, 6.07) is 0. The lowest BCUT2D eigenvalue weighted by Crippen LogP contribution is -2.25. The third kappa shape index (κ3) is 1.30. The van der Waals surface area contributed by atoms with E-state index in [-0.39, 0.29) is 33.5 Å². The van der Waals surface area contributed by atoms with Crippen LogP contribution in [0.1, 0.15) is 5.69 Å². The molecule has 0 radical (unpaired) electrons. The van der Waals surface area contributed by atoms with Crippen LogP contribution in [0.5, 0.6) is 0 Å². The summed E-state index contributed by atoms with van der Waals surface area (Å²) >= 11 is 0. The van der Waals surface area contributed by atoms with Crippen molar-refractivity contribution < 1.29 is 18.8 Å². The second-order valence-corrected chi connectivity index (χ2v) is 3.32. The molecule has 11 heteroatoms. The number of hydrogen-bond donors (Lipinski definition) is 1. The van der Waals surface area contributed by atoms with Crippen LogP contribution in [0.4, 0.5) is 5.82 Å². The summed E-state index contributed by atoms with van der Waals surface area (Å²) in [5.41, 5.74) is 6.17. The van der Waals surface area contributed by atoms with E-state index in [1.165, 1.54) is 0 Å². The van der Waals surface area contributed by atoms with Crippen LogP contribution in [-0.4, -0.2) is 25.8 Å². The zero-order chi connectivity index (χ0) is 12.7. The Bertz CT molecular complexity index is 698.